The number of carbonyl (C=O) groups excluding carboxylic acids is 6. The zero-order valence-corrected chi connectivity index (χ0v) is 38.9. The quantitative estimate of drug-likeness (QED) is 0.0755. The van der Waals surface area contributed by atoms with Gasteiger partial charge in [0.05, 0.1) is 33.3 Å². The highest BCUT2D eigenvalue weighted by Gasteiger charge is 2.52. The molecule has 0 radical (unpaired) electrons. The Hall–Kier alpha value is -7.89. The van der Waals surface area contributed by atoms with Crippen LogP contribution in [-0.4, -0.2) is 129 Å². The van der Waals surface area contributed by atoms with Gasteiger partial charge in [0.25, 0.3) is 11.8 Å². The molecule has 8 heterocycles. The van der Waals surface area contributed by atoms with E-state index in [0.29, 0.717) is 66.4 Å². The van der Waals surface area contributed by atoms with Gasteiger partial charge in [-0.25, -0.2) is 13.6 Å². The predicted octanol–water partition coefficient (Wildman–Crippen LogP) is 4.74. The molecule has 2 aromatic heterocycles. The first-order chi connectivity index (χ1) is 34.8. The summed E-state index contributed by atoms with van der Waals surface area (Å²) in [7, 11) is 0. The largest absolute Gasteiger partial charge is 0.461 e. The van der Waals surface area contributed by atoms with E-state index in [4.69, 9.17) is 20.9 Å². The molecule has 5 aromatic rings. The van der Waals surface area contributed by atoms with Crippen LogP contribution >= 0.6 is 0 Å². The molecule has 0 saturated carbocycles. The lowest BCUT2D eigenvalue weighted by atomic mass is 9.94. The number of imide groups is 2. The summed E-state index contributed by atoms with van der Waals surface area (Å²) in [5.41, 5.74) is 0.737. The number of aromatic nitrogens is 3. The second-order valence-electron chi connectivity index (χ2n) is 19.3. The Labute approximate surface area is 410 Å². The van der Waals surface area contributed by atoms with Crippen LogP contribution in [0.4, 0.5) is 25.1 Å². The van der Waals surface area contributed by atoms with Gasteiger partial charge in [0.15, 0.2) is 5.82 Å². The van der Waals surface area contributed by atoms with E-state index in [0.717, 1.165) is 23.3 Å². The number of ether oxygens (including phenoxy) is 2. The van der Waals surface area contributed by atoms with E-state index in [2.05, 4.69) is 53.5 Å². The lowest BCUT2D eigenvalue weighted by molar-refractivity contribution is -0.136. The monoisotopic (exact) mass is 978 g/mol. The number of alkyl carbamates (subject to hydrolysis) is 1. The van der Waals surface area contributed by atoms with Gasteiger partial charge < -0.3 is 30.3 Å². The fourth-order valence-electron chi connectivity index (χ4n) is 11.5. The molecule has 5 fully saturated rings. The molecule has 5 saturated heterocycles. The summed E-state index contributed by atoms with van der Waals surface area (Å²) < 4.78 is 44.4. The summed E-state index contributed by atoms with van der Waals surface area (Å²) in [5, 5.41) is 12.4. The number of benzene rings is 3. The summed E-state index contributed by atoms with van der Waals surface area (Å²) in [5.74, 6) is -1.65. The van der Waals surface area contributed by atoms with E-state index in [1.54, 1.807) is 30.5 Å². The van der Waals surface area contributed by atoms with Crippen LogP contribution in [0.3, 0.4) is 0 Å². The Balaban J connectivity index is 0.752. The van der Waals surface area contributed by atoms with Gasteiger partial charge in [-0.2, -0.15) is 9.97 Å². The molecular formula is C52H48F2N10O8. The topological polar surface area (TPSA) is 217 Å². The maximum absolute atomic E-state index is 17.2. The van der Waals surface area contributed by atoms with Crippen molar-refractivity contribution in [1.29, 1.82) is 0 Å². The first-order valence-electron chi connectivity index (χ1n) is 24.0. The van der Waals surface area contributed by atoms with Crippen molar-refractivity contribution in [3.63, 3.8) is 0 Å². The minimum atomic E-state index is -1.16. The van der Waals surface area contributed by atoms with Crippen molar-refractivity contribution in [2.75, 3.05) is 49.6 Å². The third-order valence-electron chi connectivity index (χ3n) is 14.8. The van der Waals surface area contributed by atoms with Crippen LogP contribution in [0.1, 0.15) is 77.6 Å². The minimum absolute atomic E-state index is 0.00135. The molecule has 4 N–H and O–H groups in total. The smallest absolute Gasteiger partial charge is 0.407 e. The zero-order valence-electron chi connectivity index (χ0n) is 38.9. The van der Waals surface area contributed by atoms with Gasteiger partial charge in [0, 0.05) is 74.3 Å². The van der Waals surface area contributed by atoms with E-state index < -0.39 is 58.8 Å². The molecule has 3 aromatic carbocycles. The van der Waals surface area contributed by atoms with E-state index in [9.17, 15) is 28.8 Å². The maximum Gasteiger partial charge on any atom is 0.407 e. The number of carbonyl (C=O) groups is 6. The van der Waals surface area contributed by atoms with Crippen molar-refractivity contribution >= 4 is 68.8 Å². The fraction of sp³-hybridized carbons (Fsp3) is 0.365. The molecule has 6 aliphatic rings. The summed E-state index contributed by atoms with van der Waals surface area (Å²) in [6, 6.07) is 11.5. The molecule has 5 unspecified atom stereocenters. The molecule has 72 heavy (non-hydrogen) atoms. The van der Waals surface area contributed by atoms with Crippen molar-refractivity contribution in [2.24, 2.45) is 0 Å². The van der Waals surface area contributed by atoms with E-state index in [-0.39, 0.29) is 96.7 Å². The maximum atomic E-state index is 17.2. The Kier molecular flexibility index (Phi) is 11.9. The van der Waals surface area contributed by atoms with Crippen LogP contribution in [-0.2, 0) is 19.1 Å². The molecule has 6 amide bonds. The normalized spacial score (nSPS) is 23.6. The summed E-state index contributed by atoms with van der Waals surface area (Å²) >= 11 is 0. The number of hydrogen-bond donors (Lipinski definition) is 4. The number of nitrogens with one attached hydrogen (secondary N) is 4. The highest BCUT2D eigenvalue weighted by Crippen LogP contribution is 2.45. The van der Waals surface area contributed by atoms with Crippen LogP contribution < -0.4 is 30.9 Å². The van der Waals surface area contributed by atoms with Crippen molar-refractivity contribution in [3.8, 4) is 29.6 Å². The van der Waals surface area contributed by atoms with Crippen molar-refractivity contribution in [3.05, 3.63) is 95.2 Å². The molecule has 11 rings (SSSR count). The number of hydrogen-bond acceptors (Lipinski definition) is 14. The molecule has 18 nitrogen and oxygen atoms in total. The number of halogens is 2. The SMILES string of the molecule is C#Cc1c(F)ccc2cccc(-c3ncc4c(N5CC6CCC(C5)N6)nc(OCC56CCC(COC(=O)NCCC(=O)Nc7cccc8c7C(=O)N(C7CCC(=O)NC7=O)C8=O)N5CC(=C)C6)nc4c3F)c12. The van der Waals surface area contributed by atoms with Gasteiger partial charge in [-0.15, -0.1) is 6.42 Å². The highest BCUT2D eigenvalue weighted by molar-refractivity contribution is 6.26. The number of piperidine rings is 1. The Morgan fingerprint density at radius 3 is 2.56 bits per heavy atom. The van der Waals surface area contributed by atoms with Gasteiger partial charge >= 0.3 is 12.1 Å². The van der Waals surface area contributed by atoms with Crippen LogP contribution in [0.5, 0.6) is 6.01 Å². The molecule has 0 spiro atoms. The molecule has 368 valence electrons. The number of rotatable bonds is 12. The number of anilines is 2. The average Bonchev–Trinajstić information content (AvgIpc) is 4.07. The molecule has 20 heteroatoms. The van der Waals surface area contributed by atoms with Crippen molar-refractivity contribution in [1.82, 2.24) is 40.7 Å². The van der Waals surface area contributed by atoms with Gasteiger partial charge in [-0.3, -0.25) is 44.1 Å². The molecular weight excluding hydrogens is 931 g/mol. The second-order valence-corrected chi connectivity index (χ2v) is 19.3. The van der Waals surface area contributed by atoms with E-state index in [1.807, 2.05) is 0 Å². The summed E-state index contributed by atoms with van der Waals surface area (Å²) in [6.45, 7) is 6.17. The number of nitrogens with zero attached hydrogens (tertiary/aromatic N) is 6. The van der Waals surface area contributed by atoms with E-state index in [1.165, 1.54) is 24.3 Å². The van der Waals surface area contributed by atoms with Crippen LogP contribution in [0.2, 0.25) is 0 Å². The summed E-state index contributed by atoms with van der Waals surface area (Å²) in [4.78, 5) is 96.2. The van der Waals surface area contributed by atoms with Crippen molar-refractivity contribution < 1.29 is 47.0 Å². The molecule has 5 atom stereocenters. The Bertz CT molecular complexity index is 3220. The third kappa shape index (κ3) is 8.21. The van der Waals surface area contributed by atoms with Crippen LogP contribution in [0, 0.1) is 24.0 Å². The van der Waals surface area contributed by atoms with Gasteiger partial charge in [-0.05, 0) is 62.1 Å². The first kappa shape index (κ1) is 46.5. The standard InChI is InChI=1S/C52H48F2N10O8/c1-3-32-36(53)13-10-28-6-4-7-33(41(28)32)44-43(54)45-35(21-56-44)46(62-23-29-11-12-30(24-62)57-29)61-50(60-45)72-26-52-18-16-31(63(52)22-27(2)20-52)25-71-51(70)55-19-17-40(66)58-37-9-5-8-34-42(37)49(69)64(48(34)68)38-14-15-39(65)59-47(38)67/h1,4-10,13,21,29-31,38,57H,2,11-12,14-20,22-26H2,(H,55,70)(H,58,66)(H,59,65,67). The van der Waals surface area contributed by atoms with Gasteiger partial charge in [0.1, 0.15) is 42.1 Å². The Morgan fingerprint density at radius 2 is 1.76 bits per heavy atom. The molecule has 0 aliphatic carbocycles. The lowest BCUT2D eigenvalue weighted by Crippen LogP contribution is -2.54. The first-order valence-corrected chi connectivity index (χ1v) is 24.0. The fourth-order valence-corrected chi connectivity index (χ4v) is 11.5. The second kappa shape index (κ2) is 18.4. The van der Waals surface area contributed by atoms with Gasteiger partial charge in [0.2, 0.25) is 17.7 Å². The Morgan fingerprint density at radius 1 is 0.972 bits per heavy atom. The number of amides is 6. The van der Waals surface area contributed by atoms with Crippen molar-refractivity contribution in [2.45, 2.75) is 81.1 Å². The van der Waals surface area contributed by atoms with Gasteiger partial charge in [-0.1, -0.05) is 48.4 Å². The highest BCUT2D eigenvalue weighted by atomic mass is 19.1. The molecule has 2 bridgehead atoms. The lowest BCUT2D eigenvalue weighted by Gasteiger charge is -2.35. The number of fused-ring (bicyclic) bond motifs is 6. The predicted molar refractivity (Wildman–Crippen MR) is 258 cm³/mol. The van der Waals surface area contributed by atoms with E-state index >= 15 is 8.78 Å². The van der Waals surface area contributed by atoms with Crippen LogP contribution in [0.15, 0.2) is 66.9 Å². The number of terminal acetylenes is 1. The number of pyridine rings is 1. The van der Waals surface area contributed by atoms with Crippen LogP contribution in [0.25, 0.3) is 32.9 Å². The average molecular weight is 979 g/mol. The summed E-state index contributed by atoms with van der Waals surface area (Å²) in [6.07, 6.45) is 10.3. The third-order valence-corrected chi connectivity index (χ3v) is 14.8. The zero-order chi connectivity index (χ0) is 50.0. The number of piperazine rings is 1. The minimum Gasteiger partial charge on any atom is -0.461 e. The molecule has 6 aliphatic heterocycles.